The molecule has 262 valence electrons. The van der Waals surface area contributed by atoms with Crippen LogP contribution in [0.5, 0.6) is 5.75 Å². The van der Waals surface area contributed by atoms with Gasteiger partial charge < -0.3 is 19.4 Å². The first-order valence-corrected chi connectivity index (χ1v) is 16.5. The van der Waals surface area contributed by atoms with E-state index in [0.29, 0.717) is 67.0 Å². The number of hydrogen-bond donors (Lipinski definition) is 1. The monoisotopic (exact) mass is 697 g/mol. The zero-order valence-corrected chi connectivity index (χ0v) is 27.9. The Bertz CT molecular complexity index is 2400. The summed E-state index contributed by atoms with van der Waals surface area (Å²) in [6, 6.07) is 14.2. The van der Waals surface area contributed by atoms with Gasteiger partial charge in [-0.2, -0.15) is 0 Å². The predicted octanol–water partition coefficient (Wildman–Crippen LogP) is 5.13. The summed E-state index contributed by atoms with van der Waals surface area (Å²) in [7, 11) is 3.80. The van der Waals surface area contributed by atoms with E-state index in [0.717, 1.165) is 16.8 Å². The minimum absolute atomic E-state index is 0.00496. The molecule has 7 rings (SSSR count). The Labute approximate surface area is 289 Å². The lowest BCUT2D eigenvalue weighted by Crippen LogP contribution is -2.45. The average Bonchev–Trinajstić information content (AvgIpc) is 3.53. The summed E-state index contributed by atoms with van der Waals surface area (Å²) in [6.07, 6.45) is 5.32. The number of carbonyl (C=O) groups is 1. The first-order valence-electron chi connectivity index (χ1n) is 16.5. The number of carbonyl (C=O) groups excluding carboxylic acids is 1. The molecular formula is C37H34F3N7O4. The number of aromatic nitrogens is 5. The lowest BCUT2D eigenvalue weighted by atomic mass is 9.90. The molecule has 1 aliphatic rings. The molecule has 1 amide bonds. The van der Waals surface area contributed by atoms with Crippen molar-refractivity contribution in [2.45, 2.75) is 37.8 Å². The number of halogens is 3. The number of fused-ring (bicyclic) bond motifs is 2. The molecule has 11 nitrogen and oxygen atoms in total. The molecule has 4 heterocycles. The van der Waals surface area contributed by atoms with Gasteiger partial charge in [0.25, 0.3) is 11.5 Å². The number of pyridine rings is 2. The van der Waals surface area contributed by atoms with Gasteiger partial charge in [-0.15, -0.1) is 0 Å². The van der Waals surface area contributed by atoms with Gasteiger partial charge in [0, 0.05) is 42.7 Å². The second kappa shape index (κ2) is 13.9. The number of imidazole rings is 1. The molecule has 0 bridgehead atoms. The van der Waals surface area contributed by atoms with E-state index in [1.54, 1.807) is 30.3 Å². The summed E-state index contributed by atoms with van der Waals surface area (Å²) in [6.45, 7) is 0.932. The molecule has 0 saturated heterocycles. The zero-order valence-electron chi connectivity index (χ0n) is 27.9. The molecular weight excluding hydrogens is 663 g/mol. The largest absolute Gasteiger partial charge is 0.492 e. The van der Waals surface area contributed by atoms with Crippen LogP contribution in [0.4, 0.5) is 13.2 Å². The lowest BCUT2D eigenvalue weighted by molar-refractivity contribution is 0.0917. The third-order valence-electron chi connectivity index (χ3n) is 9.09. The maximum Gasteiger partial charge on any atom is 0.337 e. The number of benzene rings is 2. The standard InChI is InChI=1S/C37H34F3N7O4/c1-44(2)14-15-51-32-18-23(38)6-12-29(32)22-4-3-5-28(16-22)46-34-30(17-25(40)19-41-34)36(49)47(37(46)50)27-10-8-26(9-11-27)42-35(48)31-21-45-20-24(39)7-13-33(45)43-31/h3-7,12-13,16-21,26-27H,8-11,14-15H2,1-2H3,(H,42,48). The Morgan fingerprint density at radius 3 is 2.51 bits per heavy atom. The van der Waals surface area contributed by atoms with Gasteiger partial charge in [-0.3, -0.25) is 14.2 Å². The molecule has 4 aromatic heterocycles. The molecule has 1 fully saturated rings. The summed E-state index contributed by atoms with van der Waals surface area (Å²) >= 11 is 0. The Morgan fingerprint density at radius 2 is 1.73 bits per heavy atom. The minimum atomic E-state index is -0.725. The predicted molar refractivity (Wildman–Crippen MR) is 185 cm³/mol. The highest BCUT2D eigenvalue weighted by Crippen LogP contribution is 2.33. The topological polar surface area (TPSA) is 116 Å². The minimum Gasteiger partial charge on any atom is -0.492 e. The second-order valence-corrected chi connectivity index (χ2v) is 12.9. The SMILES string of the molecule is CN(C)CCOc1cc(F)ccc1-c1cccc(-n2c(=O)n(C3CCC(NC(=O)c4cn5cc(F)ccc5n4)CC3)c(=O)c3cc(F)cnc32)c1. The van der Waals surface area contributed by atoms with E-state index in [2.05, 4.69) is 15.3 Å². The van der Waals surface area contributed by atoms with Gasteiger partial charge in [0.1, 0.15) is 41.1 Å². The van der Waals surface area contributed by atoms with E-state index in [4.69, 9.17) is 4.74 Å². The number of ether oxygens (including phenoxy) is 1. The zero-order chi connectivity index (χ0) is 35.8. The summed E-state index contributed by atoms with van der Waals surface area (Å²) in [5.74, 6) is -1.73. The number of hydrogen-bond acceptors (Lipinski definition) is 7. The molecule has 1 aliphatic carbocycles. The normalized spacial score (nSPS) is 16.2. The molecule has 2 aromatic carbocycles. The average molecular weight is 698 g/mol. The highest BCUT2D eigenvalue weighted by Gasteiger charge is 2.29. The fourth-order valence-corrected chi connectivity index (χ4v) is 6.55. The van der Waals surface area contributed by atoms with Crippen molar-refractivity contribution in [3.05, 3.63) is 123 Å². The summed E-state index contributed by atoms with van der Waals surface area (Å²) in [5, 5.41) is 2.90. The first-order chi connectivity index (χ1) is 24.5. The maximum atomic E-state index is 14.5. The van der Waals surface area contributed by atoms with Crippen molar-refractivity contribution in [3.8, 4) is 22.6 Å². The quantitative estimate of drug-likeness (QED) is 0.223. The molecule has 0 spiro atoms. The van der Waals surface area contributed by atoms with Crippen LogP contribution < -0.4 is 21.3 Å². The molecule has 0 aliphatic heterocycles. The Balaban J connectivity index is 1.19. The van der Waals surface area contributed by atoms with Crippen LogP contribution >= 0.6 is 0 Å². The first kappa shape index (κ1) is 33.7. The molecule has 6 aromatic rings. The van der Waals surface area contributed by atoms with Gasteiger partial charge in [-0.1, -0.05) is 12.1 Å². The molecule has 0 radical (unpaired) electrons. The smallest absolute Gasteiger partial charge is 0.337 e. The van der Waals surface area contributed by atoms with E-state index < -0.39 is 40.6 Å². The van der Waals surface area contributed by atoms with E-state index in [9.17, 15) is 27.6 Å². The van der Waals surface area contributed by atoms with Crippen LogP contribution in [0.2, 0.25) is 0 Å². The number of nitrogens with one attached hydrogen (secondary N) is 1. The molecule has 0 unspecified atom stereocenters. The second-order valence-electron chi connectivity index (χ2n) is 12.9. The van der Waals surface area contributed by atoms with E-state index >= 15 is 0 Å². The number of amides is 1. The van der Waals surface area contributed by atoms with Gasteiger partial charge in [0.2, 0.25) is 0 Å². The third kappa shape index (κ3) is 6.86. The fraction of sp³-hybridized carbons (Fsp3) is 0.270. The third-order valence-corrected chi connectivity index (χ3v) is 9.09. The number of rotatable bonds is 9. The van der Waals surface area contributed by atoms with Crippen molar-refractivity contribution >= 4 is 22.6 Å². The van der Waals surface area contributed by atoms with Crippen LogP contribution in [0.25, 0.3) is 33.5 Å². The van der Waals surface area contributed by atoms with Crippen LogP contribution in [-0.4, -0.2) is 67.6 Å². The molecule has 0 atom stereocenters. The molecule has 14 heteroatoms. The summed E-state index contributed by atoms with van der Waals surface area (Å²) in [5.41, 5.74) is 0.851. The van der Waals surface area contributed by atoms with Gasteiger partial charge in [-0.25, -0.2) is 32.5 Å². The van der Waals surface area contributed by atoms with Crippen molar-refractivity contribution in [1.82, 2.24) is 33.7 Å². The van der Waals surface area contributed by atoms with Crippen molar-refractivity contribution in [1.29, 1.82) is 0 Å². The van der Waals surface area contributed by atoms with Crippen molar-refractivity contribution in [3.63, 3.8) is 0 Å². The van der Waals surface area contributed by atoms with Gasteiger partial charge in [0.05, 0.1) is 17.3 Å². The Hall–Kier alpha value is -5.76. The molecule has 51 heavy (non-hydrogen) atoms. The van der Waals surface area contributed by atoms with Gasteiger partial charge >= 0.3 is 5.69 Å². The van der Waals surface area contributed by atoms with Crippen LogP contribution in [0.15, 0.2) is 88.8 Å². The van der Waals surface area contributed by atoms with Crippen LogP contribution in [-0.2, 0) is 0 Å². The van der Waals surface area contributed by atoms with Crippen molar-refractivity contribution in [2.75, 3.05) is 27.2 Å². The van der Waals surface area contributed by atoms with E-state index in [1.165, 1.54) is 45.6 Å². The highest BCUT2D eigenvalue weighted by molar-refractivity contribution is 5.93. The molecule has 1 saturated carbocycles. The Kier molecular flexibility index (Phi) is 9.17. The molecule has 1 N–H and O–H groups in total. The Morgan fingerprint density at radius 1 is 0.941 bits per heavy atom. The van der Waals surface area contributed by atoms with Gasteiger partial charge in [-0.05, 0) is 87.8 Å². The van der Waals surface area contributed by atoms with Crippen molar-refractivity contribution < 1.29 is 22.7 Å². The van der Waals surface area contributed by atoms with Crippen LogP contribution in [0.1, 0.15) is 42.2 Å². The number of nitrogens with zero attached hydrogens (tertiary/aromatic N) is 6. The summed E-state index contributed by atoms with van der Waals surface area (Å²) in [4.78, 5) is 51.5. The van der Waals surface area contributed by atoms with Crippen LogP contribution in [0, 0.1) is 17.5 Å². The fourth-order valence-electron chi connectivity index (χ4n) is 6.55. The highest BCUT2D eigenvalue weighted by atomic mass is 19.1. The lowest BCUT2D eigenvalue weighted by Gasteiger charge is -2.30. The summed E-state index contributed by atoms with van der Waals surface area (Å²) < 4.78 is 52.2. The van der Waals surface area contributed by atoms with Crippen LogP contribution in [0.3, 0.4) is 0 Å². The maximum absolute atomic E-state index is 14.5. The van der Waals surface area contributed by atoms with E-state index in [1.807, 2.05) is 19.0 Å². The van der Waals surface area contributed by atoms with E-state index in [-0.39, 0.29) is 22.8 Å². The van der Waals surface area contributed by atoms with Gasteiger partial charge in [0.15, 0.2) is 5.65 Å². The van der Waals surface area contributed by atoms with Crippen molar-refractivity contribution in [2.24, 2.45) is 0 Å². The number of likely N-dealkylation sites (N-methyl/N-ethyl adjacent to an activating group) is 1.